The molecule has 1 heterocycles. The van der Waals surface area contributed by atoms with Crippen LogP contribution >= 0.6 is 11.8 Å². The van der Waals surface area contributed by atoms with Crippen LogP contribution in [0, 0.1) is 5.41 Å². The number of nitrogens with one attached hydrogen (secondary N) is 1. The number of rotatable bonds is 5. The monoisotopic (exact) mass is 279 g/mol. The molecular weight excluding hydrogens is 254 g/mol. The second-order valence-electron chi connectivity index (χ2n) is 6.13. The molecule has 0 spiro atoms. The van der Waals surface area contributed by atoms with Crippen molar-refractivity contribution in [2.75, 3.05) is 12.8 Å². The first kappa shape index (κ1) is 14.8. The smallest absolute Gasteiger partial charge is 0.138 e. The Labute approximate surface area is 121 Å². The highest BCUT2D eigenvalue weighted by atomic mass is 32.2. The average Bonchev–Trinajstić information content (AvgIpc) is 2.36. The van der Waals surface area contributed by atoms with Gasteiger partial charge < -0.3 is 5.32 Å². The van der Waals surface area contributed by atoms with Crippen LogP contribution < -0.4 is 5.32 Å². The van der Waals surface area contributed by atoms with Gasteiger partial charge in [-0.3, -0.25) is 0 Å². The van der Waals surface area contributed by atoms with E-state index in [1.165, 1.54) is 23.4 Å². The first-order chi connectivity index (χ1) is 9.05. The molecule has 4 heteroatoms. The molecule has 1 aromatic rings. The topological polar surface area (TPSA) is 37.8 Å². The lowest BCUT2D eigenvalue weighted by atomic mass is 9.74. The third-order valence-electron chi connectivity index (χ3n) is 3.66. The molecule has 0 fully saturated rings. The van der Waals surface area contributed by atoms with E-state index in [2.05, 4.69) is 31.1 Å². The minimum absolute atomic E-state index is 0.322. The molecule has 0 aliphatic heterocycles. The summed E-state index contributed by atoms with van der Waals surface area (Å²) in [6.07, 6.45) is 5.48. The van der Waals surface area contributed by atoms with E-state index in [1.54, 1.807) is 0 Å². The van der Waals surface area contributed by atoms with Gasteiger partial charge in [0.1, 0.15) is 5.82 Å². The lowest BCUT2D eigenvalue weighted by molar-refractivity contribution is 0.260. The number of fused-ring (bicyclic) bond motifs is 1. The van der Waals surface area contributed by atoms with E-state index in [1.807, 2.05) is 25.0 Å². The Morgan fingerprint density at radius 3 is 2.95 bits per heavy atom. The average molecular weight is 279 g/mol. The van der Waals surface area contributed by atoms with Gasteiger partial charge in [-0.05, 0) is 37.5 Å². The normalized spacial score (nSPS) is 21.2. The largest absolute Gasteiger partial charge is 0.313 e. The molecule has 1 N–H and O–H groups in total. The van der Waals surface area contributed by atoms with E-state index < -0.39 is 0 Å². The van der Waals surface area contributed by atoms with Crippen molar-refractivity contribution in [3.8, 4) is 0 Å². The molecule has 0 radical (unpaired) electrons. The number of hydrogen-bond acceptors (Lipinski definition) is 4. The molecule has 0 aromatic carbocycles. The quantitative estimate of drug-likeness (QED) is 0.839. The van der Waals surface area contributed by atoms with Crippen LogP contribution in [0.2, 0.25) is 0 Å². The zero-order valence-electron chi connectivity index (χ0n) is 12.5. The molecule has 1 unspecified atom stereocenters. The van der Waals surface area contributed by atoms with Crippen molar-refractivity contribution < 1.29 is 0 Å². The van der Waals surface area contributed by atoms with Crippen LogP contribution in [0.5, 0.6) is 0 Å². The number of thioether (sulfide) groups is 1. The van der Waals surface area contributed by atoms with E-state index in [9.17, 15) is 0 Å². The van der Waals surface area contributed by atoms with Crippen LogP contribution in [0.3, 0.4) is 0 Å². The van der Waals surface area contributed by atoms with Gasteiger partial charge in [0.2, 0.25) is 0 Å². The highest BCUT2D eigenvalue weighted by Gasteiger charge is 2.32. The Hall–Kier alpha value is -0.610. The zero-order chi connectivity index (χ0) is 13.9. The molecule has 1 aliphatic rings. The van der Waals surface area contributed by atoms with Crippen molar-refractivity contribution in [1.82, 2.24) is 15.3 Å². The van der Waals surface area contributed by atoms with Crippen LogP contribution in [0.1, 0.15) is 56.7 Å². The third kappa shape index (κ3) is 3.69. The van der Waals surface area contributed by atoms with Crippen LogP contribution in [0.15, 0.2) is 6.20 Å². The summed E-state index contributed by atoms with van der Waals surface area (Å²) in [5.74, 6) is 3.11. The van der Waals surface area contributed by atoms with Gasteiger partial charge in [-0.1, -0.05) is 20.8 Å². The summed E-state index contributed by atoms with van der Waals surface area (Å²) in [6.45, 7) is 6.86. The molecular formula is C15H25N3S. The molecule has 106 valence electrons. The van der Waals surface area contributed by atoms with Crippen molar-refractivity contribution in [1.29, 1.82) is 0 Å². The third-order valence-corrected chi connectivity index (χ3v) is 4.82. The first-order valence-electron chi connectivity index (χ1n) is 7.15. The highest BCUT2D eigenvalue weighted by molar-refractivity contribution is 7.98. The van der Waals surface area contributed by atoms with Crippen LogP contribution in [-0.4, -0.2) is 22.8 Å². The number of aromatic nitrogens is 2. The van der Waals surface area contributed by atoms with E-state index in [4.69, 9.17) is 4.98 Å². The Balaban J connectivity index is 2.18. The van der Waals surface area contributed by atoms with Crippen LogP contribution in [0.25, 0.3) is 0 Å². The van der Waals surface area contributed by atoms with E-state index >= 15 is 0 Å². The van der Waals surface area contributed by atoms with Gasteiger partial charge in [-0.25, -0.2) is 9.97 Å². The van der Waals surface area contributed by atoms with E-state index in [0.29, 0.717) is 11.5 Å². The molecule has 1 aliphatic carbocycles. The minimum Gasteiger partial charge on any atom is -0.313 e. The van der Waals surface area contributed by atoms with Crippen molar-refractivity contribution in [2.45, 2.75) is 51.8 Å². The molecule has 0 saturated heterocycles. The summed E-state index contributed by atoms with van der Waals surface area (Å²) < 4.78 is 0. The second-order valence-corrected chi connectivity index (χ2v) is 7.23. The lowest BCUT2D eigenvalue weighted by Crippen LogP contribution is -2.32. The summed E-state index contributed by atoms with van der Waals surface area (Å²) >= 11 is 1.92. The standard InChI is InChI=1S/C15H25N3S/c1-5-6-19-10-14-17-9-11-12(16-4)7-15(2,3)8-13(11)18-14/h9,12,16H,5-8,10H2,1-4H3. The maximum absolute atomic E-state index is 4.81. The number of nitrogens with zero attached hydrogens (tertiary/aromatic N) is 2. The maximum atomic E-state index is 4.81. The van der Waals surface area contributed by atoms with Crippen molar-refractivity contribution in [3.63, 3.8) is 0 Å². The first-order valence-corrected chi connectivity index (χ1v) is 8.31. The zero-order valence-corrected chi connectivity index (χ0v) is 13.3. The highest BCUT2D eigenvalue weighted by Crippen LogP contribution is 2.39. The summed E-state index contributed by atoms with van der Waals surface area (Å²) in [6, 6.07) is 0.399. The summed E-state index contributed by atoms with van der Waals surface area (Å²) in [4.78, 5) is 9.34. The Kier molecular flexibility index (Phi) is 4.85. The lowest BCUT2D eigenvalue weighted by Gasteiger charge is -2.36. The maximum Gasteiger partial charge on any atom is 0.138 e. The Morgan fingerprint density at radius 2 is 2.26 bits per heavy atom. The van der Waals surface area contributed by atoms with Gasteiger partial charge in [-0.2, -0.15) is 11.8 Å². The van der Waals surface area contributed by atoms with Crippen LogP contribution in [-0.2, 0) is 12.2 Å². The molecule has 0 bridgehead atoms. The van der Waals surface area contributed by atoms with Gasteiger partial charge in [0.05, 0.1) is 5.75 Å². The van der Waals surface area contributed by atoms with Crippen molar-refractivity contribution in [3.05, 3.63) is 23.3 Å². The predicted octanol–water partition coefficient (Wildman–Crippen LogP) is 3.35. The van der Waals surface area contributed by atoms with Crippen LogP contribution in [0.4, 0.5) is 0 Å². The molecule has 0 saturated carbocycles. The minimum atomic E-state index is 0.322. The number of hydrogen-bond donors (Lipinski definition) is 1. The fourth-order valence-corrected chi connectivity index (χ4v) is 3.48. The predicted molar refractivity (Wildman–Crippen MR) is 82.4 cm³/mol. The van der Waals surface area contributed by atoms with Gasteiger partial charge in [-0.15, -0.1) is 0 Å². The Bertz CT molecular complexity index is 431. The second kappa shape index (κ2) is 6.23. The summed E-state index contributed by atoms with van der Waals surface area (Å²) in [7, 11) is 2.03. The SMILES string of the molecule is CCCSCc1ncc2c(n1)CC(C)(C)CC2NC. The van der Waals surface area contributed by atoms with Gasteiger partial charge in [0.15, 0.2) is 0 Å². The molecule has 1 atom stereocenters. The fourth-order valence-electron chi connectivity index (χ4n) is 2.72. The molecule has 1 aromatic heterocycles. The molecule has 19 heavy (non-hydrogen) atoms. The van der Waals surface area contributed by atoms with Gasteiger partial charge in [0.25, 0.3) is 0 Å². The van der Waals surface area contributed by atoms with E-state index in [0.717, 1.165) is 24.4 Å². The van der Waals surface area contributed by atoms with Crippen molar-refractivity contribution >= 4 is 11.8 Å². The van der Waals surface area contributed by atoms with Gasteiger partial charge in [0, 0.05) is 23.5 Å². The summed E-state index contributed by atoms with van der Waals surface area (Å²) in [5, 5.41) is 3.40. The fraction of sp³-hybridized carbons (Fsp3) is 0.733. The molecule has 2 rings (SSSR count). The molecule has 0 amide bonds. The Morgan fingerprint density at radius 1 is 1.47 bits per heavy atom. The van der Waals surface area contributed by atoms with Crippen molar-refractivity contribution in [2.24, 2.45) is 5.41 Å². The van der Waals surface area contributed by atoms with Gasteiger partial charge >= 0.3 is 0 Å². The molecule has 3 nitrogen and oxygen atoms in total. The summed E-state index contributed by atoms with van der Waals surface area (Å²) in [5.41, 5.74) is 2.87. The van der Waals surface area contributed by atoms with E-state index in [-0.39, 0.29) is 0 Å².